The molecule has 4 rings (SSSR count). The van der Waals surface area contributed by atoms with E-state index in [0.717, 1.165) is 49.8 Å². The minimum Gasteiger partial charge on any atom is -0.358 e. The molecular formula is C22H22F2N2O. The van der Waals surface area contributed by atoms with Gasteiger partial charge in [-0.1, -0.05) is 0 Å². The highest BCUT2D eigenvalue weighted by Gasteiger charge is 2.20. The number of Topliss-reactive ketones (excluding diaryl/α,β-unsaturated/α-hetero) is 1. The quantitative estimate of drug-likeness (QED) is 0.498. The van der Waals surface area contributed by atoms with Crippen LogP contribution in [0.5, 0.6) is 0 Å². The Morgan fingerprint density at radius 2 is 1.81 bits per heavy atom. The van der Waals surface area contributed by atoms with Crippen LogP contribution in [0, 0.1) is 11.6 Å². The molecule has 0 fully saturated rings. The summed E-state index contributed by atoms with van der Waals surface area (Å²) in [7, 11) is 0. The van der Waals surface area contributed by atoms with Crippen LogP contribution >= 0.6 is 0 Å². The van der Waals surface area contributed by atoms with Crippen molar-refractivity contribution >= 4 is 16.7 Å². The third-order valence-electron chi connectivity index (χ3n) is 5.31. The van der Waals surface area contributed by atoms with Crippen LogP contribution in [-0.2, 0) is 13.0 Å². The molecule has 27 heavy (non-hydrogen) atoms. The van der Waals surface area contributed by atoms with Crippen molar-refractivity contribution in [1.82, 2.24) is 9.88 Å². The molecule has 0 amide bonds. The van der Waals surface area contributed by atoms with Crippen molar-refractivity contribution in [2.24, 2.45) is 0 Å². The maximum absolute atomic E-state index is 13.6. The fourth-order valence-corrected chi connectivity index (χ4v) is 3.83. The van der Waals surface area contributed by atoms with E-state index in [0.29, 0.717) is 12.0 Å². The zero-order chi connectivity index (χ0) is 18.8. The van der Waals surface area contributed by atoms with Gasteiger partial charge in [-0.25, -0.2) is 8.78 Å². The minimum atomic E-state index is -0.326. The maximum atomic E-state index is 13.6. The Kier molecular flexibility index (Phi) is 5.03. The summed E-state index contributed by atoms with van der Waals surface area (Å²) in [6.45, 7) is 2.69. The molecule has 0 bridgehead atoms. The van der Waals surface area contributed by atoms with Crippen molar-refractivity contribution in [2.45, 2.75) is 32.2 Å². The van der Waals surface area contributed by atoms with Gasteiger partial charge in [0.25, 0.3) is 0 Å². The van der Waals surface area contributed by atoms with Crippen molar-refractivity contribution in [2.75, 3.05) is 13.1 Å². The van der Waals surface area contributed by atoms with Crippen LogP contribution in [0.2, 0.25) is 0 Å². The molecule has 1 N–H and O–H groups in total. The Labute approximate surface area is 157 Å². The number of fused-ring (bicyclic) bond motifs is 3. The molecule has 1 aliphatic heterocycles. The third kappa shape index (κ3) is 3.93. The van der Waals surface area contributed by atoms with Crippen LogP contribution in [-0.4, -0.2) is 28.8 Å². The maximum Gasteiger partial charge on any atom is 0.162 e. The van der Waals surface area contributed by atoms with Gasteiger partial charge in [0.1, 0.15) is 11.6 Å². The Bertz CT molecular complexity index is 962. The minimum absolute atomic E-state index is 0.0584. The predicted molar refractivity (Wildman–Crippen MR) is 102 cm³/mol. The fraction of sp³-hybridized carbons (Fsp3) is 0.318. The first kappa shape index (κ1) is 17.9. The molecule has 0 saturated carbocycles. The number of rotatable bonds is 6. The fourth-order valence-electron chi connectivity index (χ4n) is 3.83. The van der Waals surface area contributed by atoms with Gasteiger partial charge in [0.05, 0.1) is 0 Å². The monoisotopic (exact) mass is 368 g/mol. The highest BCUT2D eigenvalue weighted by Crippen LogP contribution is 2.28. The molecule has 140 valence electrons. The molecule has 2 aromatic carbocycles. The topological polar surface area (TPSA) is 36.1 Å². The van der Waals surface area contributed by atoms with E-state index >= 15 is 0 Å². The van der Waals surface area contributed by atoms with Crippen LogP contribution in [0.4, 0.5) is 8.78 Å². The highest BCUT2D eigenvalue weighted by molar-refractivity contribution is 5.95. The van der Waals surface area contributed by atoms with E-state index in [1.807, 2.05) is 0 Å². The molecule has 1 aromatic heterocycles. The van der Waals surface area contributed by atoms with Crippen LogP contribution in [0.25, 0.3) is 10.9 Å². The lowest BCUT2D eigenvalue weighted by Gasteiger charge is -2.27. The molecule has 5 heteroatoms. The number of hydrogen-bond donors (Lipinski definition) is 1. The summed E-state index contributed by atoms with van der Waals surface area (Å²) in [6.07, 6.45) is 3.14. The summed E-state index contributed by atoms with van der Waals surface area (Å²) in [5.74, 6) is -0.475. The summed E-state index contributed by atoms with van der Waals surface area (Å²) in [5, 5.41) is 0.973. The first-order valence-electron chi connectivity index (χ1n) is 9.40. The van der Waals surface area contributed by atoms with Crippen molar-refractivity contribution in [3.05, 3.63) is 70.9 Å². The number of H-pyrrole nitrogens is 1. The van der Waals surface area contributed by atoms with Gasteiger partial charge in [-0.15, -0.1) is 0 Å². The van der Waals surface area contributed by atoms with E-state index < -0.39 is 0 Å². The molecule has 0 aliphatic carbocycles. The summed E-state index contributed by atoms with van der Waals surface area (Å²) in [6, 6.07) is 10.6. The van der Waals surface area contributed by atoms with Gasteiger partial charge in [0.2, 0.25) is 0 Å². The van der Waals surface area contributed by atoms with Crippen molar-refractivity contribution in [3.8, 4) is 0 Å². The van der Waals surface area contributed by atoms with E-state index in [4.69, 9.17) is 0 Å². The average Bonchev–Trinajstić information content (AvgIpc) is 3.03. The highest BCUT2D eigenvalue weighted by atomic mass is 19.1. The Morgan fingerprint density at radius 1 is 1.04 bits per heavy atom. The van der Waals surface area contributed by atoms with Crippen molar-refractivity contribution in [3.63, 3.8) is 0 Å². The number of nitrogens with zero attached hydrogens (tertiary/aromatic N) is 1. The first-order chi connectivity index (χ1) is 13.1. The van der Waals surface area contributed by atoms with Crippen LogP contribution in [0.1, 0.15) is 40.9 Å². The Hall–Kier alpha value is -2.53. The lowest BCUT2D eigenvalue weighted by molar-refractivity contribution is 0.0977. The number of hydrogen-bond acceptors (Lipinski definition) is 2. The second-order valence-electron chi connectivity index (χ2n) is 7.19. The van der Waals surface area contributed by atoms with E-state index in [1.165, 1.54) is 29.5 Å². The molecule has 0 unspecified atom stereocenters. The SMILES string of the molecule is O=C(CCCCN1CCc2[nH]c3ccc(F)cc3c2C1)c1ccc(F)cc1. The molecule has 0 atom stereocenters. The predicted octanol–water partition coefficient (Wildman–Crippen LogP) is 4.86. The van der Waals surface area contributed by atoms with Crippen molar-refractivity contribution < 1.29 is 13.6 Å². The standard InChI is InChI=1S/C22H22F2N2O/c23-16-6-4-15(5-7-16)22(27)3-1-2-11-26-12-10-21-19(14-26)18-13-17(24)8-9-20(18)25-21/h4-9,13,25H,1-3,10-12,14H2. The Morgan fingerprint density at radius 3 is 2.63 bits per heavy atom. The molecule has 2 heterocycles. The van der Waals surface area contributed by atoms with Crippen LogP contribution in [0.15, 0.2) is 42.5 Å². The summed E-state index contributed by atoms with van der Waals surface area (Å²) in [5.41, 5.74) is 3.96. The second-order valence-corrected chi connectivity index (χ2v) is 7.19. The number of ketones is 1. The first-order valence-corrected chi connectivity index (χ1v) is 9.40. The van der Waals surface area contributed by atoms with E-state index in [-0.39, 0.29) is 17.4 Å². The zero-order valence-corrected chi connectivity index (χ0v) is 15.1. The normalized spacial score (nSPS) is 14.4. The van der Waals surface area contributed by atoms with Gasteiger partial charge in [-0.05, 0) is 67.4 Å². The summed E-state index contributed by atoms with van der Waals surface area (Å²) >= 11 is 0. The summed E-state index contributed by atoms with van der Waals surface area (Å²) < 4.78 is 26.5. The van der Waals surface area contributed by atoms with Gasteiger partial charge in [-0.3, -0.25) is 9.69 Å². The van der Waals surface area contributed by atoms with Gasteiger partial charge in [-0.2, -0.15) is 0 Å². The van der Waals surface area contributed by atoms with Gasteiger partial charge in [0.15, 0.2) is 5.78 Å². The molecule has 0 radical (unpaired) electrons. The average molecular weight is 368 g/mol. The van der Waals surface area contributed by atoms with Crippen LogP contribution < -0.4 is 0 Å². The third-order valence-corrected chi connectivity index (χ3v) is 5.31. The smallest absolute Gasteiger partial charge is 0.162 e. The number of unbranched alkanes of at least 4 members (excludes halogenated alkanes) is 1. The van der Waals surface area contributed by atoms with Crippen molar-refractivity contribution in [1.29, 1.82) is 0 Å². The molecular weight excluding hydrogens is 346 g/mol. The largest absolute Gasteiger partial charge is 0.358 e. The lowest BCUT2D eigenvalue weighted by atomic mass is 10.0. The molecule has 3 aromatic rings. The number of aromatic amines is 1. The van der Waals surface area contributed by atoms with E-state index in [9.17, 15) is 13.6 Å². The van der Waals surface area contributed by atoms with Crippen LogP contribution in [0.3, 0.4) is 0 Å². The van der Waals surface area contributed by atoms with E-state index in [2.05, 4.69) is 9.88 Å². The number of carbonyl (C=O) groups is 1. The molecule has 0 saturated heterocycles. The van der Waals surface area contributed by atoms with E-state index in [1.54, 1.807) is 24.3 Å². The number of carbonyl (C=O) groups excluding carboxylic acids is 1. The molecule has 0 spiro atoms. The molecule has 1 aliphatic rings. The number of halogens is 2. The lowest BCUT2D eigenvalue weighted by Crippen LogP contribution is -2.31. The number of nitrogens with one attached hydrogen (secondary N) is 1. The number of aromatic nitrogens is 1. The summed E-state index contributed by atoms with van der Waals surface area (Å²) in [4.78, 5) is 17.9. The zero-order valence-electron chi connectivity index (χ0n) is 15.1. The van der Waals surface area contributed by atoms with Gasteiger partial charge >= 0.3 is 0 Å². The Balaban J connectivity index is 1.30. The van der Waals surface area contributed by atoms with Gasteiger partial charge < -0.3 is 4.98 Å². The molecule has 3 nitrogen and oxygen atoms in total. The second kappa shape index (κ2) is 7.61. The number of benzene rings is 2. The van der Waals surface area contributed by atoms with Gasteiger partial charge in [0, 0.05) is 48.1 Å².